The van der Waals surface area contributed by atoms with Crippen LogP contribution in [0.4, 0.5) is 0 Å². The normalized spacial score (nSPS) is 10.7. The minimum Gasteiger partial charge on any atom is -0.489 e. The van der Waals surface area contributed by atoms with Crippen molar-refractivity contribution in [2.24, 2.45) is 5.10 Å². The van der Waals surface area contributed by atoms with Gasteiger partial charge < -0.3 is 4.74 Å². The molecule has 0 saturated carbocycles. The topological polar surface area (TPSA) is 50.7 Å². The number of ether oxygens (including phenoxy) is 1. The van der Waals surface area contributed by atoms with Crippen LogP contribution in [0, 0.1) is 3.57 Å². The first-order chi connectivity index (χ1) is 13.1. The van der Waals surface area contributed by atoms with Gasteiger partial charge in [0.15, 0.2) is 0 Å². The lowest BCUT2D eigenvalue weighted by Crippen LogP contribution is -2.18. The number of hydrogen-bond acceptors (Lipinski definition) is 3. The summed E-state index contributed by atoms with van der Waals surface area (Å²) in [5.41, 5.74) is 5.00. The molecule has 1 amide bonds. The third-order valence-corrected chi connectivity index (χ3v) is 5.09. The Morgan fingerprint density at radius 1 is 1.07 bits per heavy atom. The molecule has 0 radical (unpaired) electrons. The first-order valence-corrected chi connectivity index (χ1v) is 10.0. The lowest BCUT2D eigenvalue weighted by atomic mass is 10.2. The molecule has 0 saturated heterocycles. The van der Waals surface area contributed by atoms with Crippen molar-refractivity contribution < 1.29 is 9.53 Å². The van der Waals surface area contributed by atoms with E-state index < -0.39 is 0 Å². The monoisotopic (exact) mass is 534 g/mol. The van der Waals surface area contributed by atoms with Crippen LogP contribution in [0.1, 0.15) is 21.5 Å². The van der Waals surface area contributed by atoms with Crippen molar-refractivity contribution in [2.75, 3.05) is 0 Å². The molecule has 0 heterocycles. The molecule has 0 aliphatic carbocycles. The molecule has 0 spiro atoms. The molecule has 4 nitrogen and oxygen atoms in total. The zero-order chi connectivity index (χ0) is 19.1. The zero-order valence-corrected chi connectivity index (χ0v) is 18.0. The molecule has 136 valence electrons. The van der Waals surface area contributed by atoms with E-state index >= 15 is 0 Å². The number of amides is 1. The second kappa shape index (κ2) is 9.66. The highest BCUT2D eigenvalue weighted by Crippen LogP contribution is 2.16. The van der Waals surface area contributed by atoms with Crippen LogP contribution in [0.3, 0.4) is 0 Å². The van der Waals surface area contributed by atoms with E-state index in [1.807, 2.05) is 48.5 Å². The van der Waals surface area contributed by atoms with Gasteiger partial charge in [-0.2, -0.15) is 5.10 Å². The Bertz CT molecular complexity index is 958. The number of hydrazone groups is 1. The fourth-order valence-corrected chi connectivity index (χ4v) is 3.13. The molecule has 27 heavy (non-hydrogen) atoms. The van der Waals surface area contributed by atoms with Crippen LogP contribution in [0.15, 0.2) is 82.4 Å². The Labute approximate surface area is 179 Å². The standard InChI is InChI=1S/C21H16BrIN2O2/c22-20-7-2-1-6-19(20)21(26)25-24-13-16-4-3-5-18(12-16)27-14-15-8-10-17(23)11-9-15/h1-13H,14H2,(H,25,26)/b24-13+. The number of hydrogen-bond donors (Lipinski definition) is 1. The second-order valence-electron chi connectivity index (χ2n) is 5.67. The molecule has 3 rings (SSSR count). The van der Waals surface area contributed by atoms with E-state index in [9.17, 15) is 4.79 Å². The Balaban J connectivity index is 1.58. The van der Waals surface area contributed by atoms with Gasteiger partial charge in [0.2, 0.25) is 0 Å². The largest absolute Gasteiger partial charge is 0.489 e. The van der Waals surface area contributed by atoms with Gasteiger partial charge in [0, 0.05) is 8.04 Å². The SMILES string of the molecule is O=C(N/N=C/c1cccc(OCc2ccc(I)cc2)c1)c1ccccc1Br. The molecule has 0 bridgehead atoms. The summed E-state index contributed by atoms with van der Waals surface area (Å²) in [6.45, 7) is 0.496. The summed E-state index contributed by atoms with van der Waals surface area (Å²) in [4.78, 5) is 12.1. The maximum atomic E-state index is 12.1. The van der Waals surface area contributed by atoms with Gasteiger partial charge in [-0.1, -0.05) is 36.4 Å². The van der Waals surface area contributed by atoms with Gasteiger partial charge in [0.05, 0.1) is 11.8 Å². The Morgan fingerprint density at radius 2 is 1.85 bits per heavy atom. The Morgan fingerprint density at radius 3 is 2.63 bits per heavy atom. The quantitative estimate of drug-likeness (QED) is 0.261. The molecule has 0 aromatic heterocycles. The van der Waals surface area contributed by atoms with E-state index in [-0.39, 0.29) is 5.91 Å². The van der Waals surface area contributed by atoms with E-state index in [4.69, 9.17) is 4.74 Å². The molecule has 3 aromatic rings. The summed E-state index contributed by atoms with van der Waals surface area (Å²) in [6.07, 6.45) is 1.59. The molecule has 6 heteroatoms. The third kappa shape index (κ3) is 5.90. The molecule has 0 atom stereocenters. The first kappa shape index (κ1) is 19.6. The Hall–Kier alpha value is -2.19. The van der Waals surface area contributed by atoms with Crippen LogP contribution in [0.25, 0.3) is 0 Å². The van der Waals surface area contributed by atoms with Crippen LogP contribution in [0.5, 0.6) is 5.75 Å². The molecule has 0 unspecified atom stereocenters. The van der Waals surface area contributed by atoms with E-state index in [1.54, 1.807) is 18.3 Å². The summed E-state index contributed by atoms with van der Waals surface area (Å²) in [7, 11) is 0. The number of halogens is 2. The average Bonchev–Trinajstić information content (AvgIpc) is 2.68. The maximum Gasteiger partial charge on any atom is 0.272 e. The molecular weight excluding hydrogens is 519 g/mol. The molecular formula is C21H16BrIN2O2. The lowest BCUT2D eigenvalue weighted by molar-refractivity contribution is 0.0954. The number of carbonyl (C=O) groups is 1. The number of nitrogens with zero attached hydrogens (tertiary/aromatic N) is 1. The van der Waals surface area contributed by atoms with Crippen LogP contribution in [-0.4, -0.2) is 12.1 Å². The zero-order valence-electron chi connectivity index (χ0n) is 14.2. The van der Waals surface area contributed by atoms with E-state index in [0.717, 1.165) is 21.3 Å². The molecule has 0 aliphatic rings. The van der Waals surface area contributed by atoms with Gasteiger partial charge in [-0.15, -0.1) is 0 Å². The molecule has 1 N–H and O–H groups in total. The van der Waals surface area contributed by atoms with Gasteiger partial charge in [0.25, 0.3) is 5.91 Å². The van der Waals surface area contributed by atoms with Crippen molar-refractivity contribution in [1.82, 2.24) is 5.43 Å². The molecule has 0 fully saturated rings. The summed E-state index contributed by atoms with van der Waals surface area (Å²) < 4.78 is 7.75. The number of carbonyl (C=O) groups excluding carboxylic acids is 1. The summed E-state index contributed by atoms with van der Waals surface area (Å²) >= 11 is 5.63. The van der Waals surface area contributed by atoms with Crippen molar-refractivity contribution >= 4 is 50.6 Å². The summed E-state index contributed by atoms with van der Waals surface area (Å²) in [6, 6.07) is 22.9. The highest BCUT2D eigenvalue weighted by atomic mass is 127. The Kier molecular flexibility index (Phi) is 7.00. The minimum atomic E-state index is -0.273. The van der Waals surface area contributed by atoms with Gasteiger partial charge in [0.1, 0.15) is 12.4 Å². The van der Waals surface area contributed by atoms with Crippen molar-refractivity contribution in [3.8, 4) is 5.75 Å². The van der Waals surface area contributed by atoms with Gasteiger partial charge in [-0.3, -0.25) is 4.79 Å². The van der Waals surface area contributed by atoms with Gasteiger partial charge >= 0.3 is 0 Å². The highest BCUT2D eigenvalue weighted by molar-refractivity contribution is 14.1. The second-order valence-corrected chi connectivity index (χ2v) is 7.77. The van der Waals surface area contributed by atoms with E-state index in [2.05, 4.69) is 61.2 Å². The smallest absolute Gasteiger partial charge is 0.272 e. The van der Waals surface area contributed by atoms with E-state index in [1.165, 1.54) is 3.57 Å². The predicted molar refractivity (Wildman–Crippen MR) is 119 cm³/mol. The van der Waals surface area contributed by atoms with Crippen LogP contribution >= 0.6 is 38.5 Å². The van der Waals surface area contributed by atoms with Crippen LogP contribution in [-0.2, 0) is 6.61 Å². The number of benzene rings is 3. The summed E-state index contributed by atoms with van der Waals surface area (Å²) in [5.74, 6) is 0.472. The van der Waals surface area contributed by atoms with Crippen molar-refractivity contribution in [3.05, 3.63) is 97.5 Å². The van der Waals surface area contributed by atoms with Gasteiger partial charge in [-0.25, -0.2) is 5.43 Å². The highest BCUT2D eigenvalue weighted by Gasteiger charge is 2.07. The lowest BCUT2D eigenvalue weighted by Gasteiger charge is -2.07. The van der Waals surface area contributed by atoms with Gasteiger partial charge in [-0.05, 0) is 86.0 Å². The fraction of sp³-hybridized carbons (Fsp3) is 0.0476. The molecule has 3 aromatic carbocycles. The third-order valence-electron chi connectivity index (χ3n) is 3.68. The van der Waals surface area contributed by atoms with Crippen molar-refractivity contribution in [1.29, 1.82) is 0 Å². The average molecular weight is 535 g/mol. The fourth-order valence-electron chi connectivity index (χ4n) is 2.30. The first-order valence-electron chi connectivity index (χ1n) is 8.17. The van der Waals surface area contributed by atoms with Crippen molar-refractivity contribution in [3.63, 3.8) is 0 Å². The predicted octanol–water partition coefficient (Wildman–Crippen LogP) is 5.40. The number of nitrogens with one attached hydrogen (secondary N) is 1. The van der Waals surface area contributed by atoms with Crippen LogP contribution < -0.4 is 10.2 Å². The number of rotatable bonds is 6. The maximum absolute atomic E-state index is 12.1. The minimum absolute atomic E-state index is 0.273. The molecule has 0 aliphatic heterocycles. The van der Waals surface area contributed by atoms with Crippen molar-refractivity contribution in [2.45, 2.75) is 6.61 Å². The summed E-state index contributed by atoms with van der Waals surface area (Å²) in [5, 5.41) is 4.03. The van der Waals surface area contributed by atoms with Crippen LogP contribution in [0.2, 0.25) is 0 Å². The van der Waals surface area contributed by atoms with E-state index in [0.29, 0.717) is 12.2 Å².